The molecule has 4 nitrogen and oxygen atoms in total. The monoisotopic (exact) mass is 316 g/mol. The quantitative estimate of drug-likeness (QED) is 0.341. The lowest BCUT2D eigenvalue weighted by atomic mass is 9.78. The van der Waals surface area contributed by atoms with Crippen molar-refractivity contribution in [2.75, 3.05) is 0 Å². The van der Waals surface area contributed by atoms with E-state index in [1.54, 1.807) is 0 Å². The molecule has 22 heavy (non-hydrogen) atoms. The van der Waals surface area contributed by atoms with Crippen LogP contribution >= 0.6 is 0 Å². The van der Waals surface area contributed by atoms with Gasteiger partial charge in [-0.15, -0.1) is 0 Å². The summed E-state index contributed by atoms with van der Waals surface area (Å²) < 4.78 is 0. The van der Waals surface area contributed by atoms with Crippen molar-refractivity contribution < 1.29 is 19.6 Å². The first-order valence-electron chi connectivity index (χ1n) is 8.78. The van der Waals surface area contributed by atoms with Crippen molar-refractivity contribution >= 4 is 0 Å². The first kappa shape index (κ1) is 19.9. The van der Waals surface area contributed by atoms with E-state index in [0.717, 1.165) is 32.1 Å². The van der Waals surface area contributed by atoms with Gasteiger partial charge in [0.1, 0.15) is 0 Å². The molecule has 0 aromatic carbocycles. The van der Waals surface area contributed by atoms with Crippen LogP contribution in [-0.2, 0) is 19.6 Å². The van der Waals surface area contributed by atoms with Crippen molar-refractivity contribution in [3.63, 3.8) is 0 Å². The van der Waals surface area contributed by atoms with Gasteiger partial charge in [-0.25, -0.2) is 9.78 Å². The lowest BCUT2D eigenvalue weighted by molar-refractivity contribution is -0.550. The van der Waals surface area contributed by atoms with Crippen molar-refractivity contribution in [1.82, 2.24) is 0 Å². The summed E-state index contributed by atoms with van der Waals surface area (Å²) in [6.45, 7) is 16.8. The fourth-order valence-corrected chi connectivity index (χ4v) is 2.19. The zero-order valence-corrected chi connectivity index (χ0v) is 15.8. The average Bonchev–Trinajstić information content (AvgIpc) is 2.47. The van der Waals surface area contributed by atoms with E-state index in [-0.39, 0.29) is 11.2 Å². The molecule has 4 heteroatoms. The summed E-state index contributed by atoms with van der Waals surface area (Å²) in [6, 6.07) is 0. The van der Waals surface area contributed by atoms with Gasteiger partial charge in [-0.2, -0.15) is 9.78 Å². The van der Waals surface area contributed by atoms with Crippen LogP contribution in [0, 0.1) is 11.8 Å². The van der Waals surface area contributed by atoms with Crippen molar-refractivity contribution in [2.24, 2.45) is 11.8 Å². The van der Waals surface area contributed by atoms with Crippen molar-refractivity contribution in [3.05, 3.63) is 0 Å². The fraction of sp³-hybridized carbons (Fsp3) is 1.00. The van der Waals surface area contributed by atoms with Gasteiger partial charge in [0, 0.05) is 12.8 Å². The molecule has 0 N–H and O–H groups in total. The molecule has 2 atom stereocenters. The van der Waals surface area contributed by atoms with Crippen LogP contribution in [0.1, 0.15) is 87.5 Å². The molecular formula is C18H36O4. The summed E-state index contributed by atoms with van der Waals surface area (Å²) in [5.41, 5.74) is -0.661. The van der Waals surface area contributed by atoms with Gasteiger partial charge < -0.3 is 0 Å². The number of hydrogen-bond donors (Lipinski definition) is 0. The summed E-state index contributed by atoms with van der Waals surface area (Å²) in [6.07, 6.45) is 4.37. The second-order valence-corrected chi connectivity index (χ2v) is 8.17. The highest BCUT2D eigenvalue weighted by atomic mass is 17.3. The van der Waals surface area contributed by atoms with Gasteiger partial charge in [0.2, 0.25) is 5.79 Å². The van der Waals surface area contributed by atoms with Crippen LogP contribution < -0.4 is 0 Å². The third-order valence-electron chi connectivity index (χ3n) is 5.13. The van der Waals surface area contributed by atoms with Crippen LogP contribution in [0.15, 0.2) is 0 Å². The molecule has 2 unspecified atom stereocenters. The van der Waals surface area contributed by atoms with E-state index in [0.29, 0.717) is 11.8 Å². The molecule has 0 aromatic rings. The van der Waals surface area contributed by atoms with Crippen LogP contribution in [0.2, 0.25) is 0 Å². The molecule has 0 aromatic heterocycles. The molecule has 0 radical (unpaired) electrons. The van der Waals surface area contributed by atoms with Gasteiger partial charge >= 0.3 is 0 Å². The average molecular weight is 316 g/mol. The zero-order chi connectivity index (χ0) is 17.0. The molecule has 0 aliphatic heterocycles. The molecule has 0 amide bonds. The Hall–Kier alpha value is -0.160. The zero-order valence-electron chi connectivity index (χ0n) is 15.8. The second kappa shape index (κ2) is 7.61. The first-order valence-corrected chi connectivity index (χ1v) is 8.78. The SMILES string of the molecule is CCC(C)(C)OOC1(OOC(C)(C)CC)CCC(C)C(C)C1. The third-order valence-corrected chi connectivity index (χ3v) is 5.13. The van der Waals surface area contributed by atoms with E-state index >= 15 is 0 Å². The fourth-order valence-electron chi connectivity index (χ4n) is 2.19. The van der Waals surface area contributed by atoms with E-state index in [4.69, 9.17) is 19.6 Å². The minimum Gasteiger partial charge on any atom is -0.228 e. The van der Waals surface area contributed by atoms with Gasteiger partial charge in [0.15, 0.2) is 0 Å². The maximum atomic E-state index is 5.84. The minimum absolute atomic E-state index is 0.330. The highest BCUT2D eigenvalue weighted by molar-refractivity contribution is 4.81. The van der Waals surface area contributed by atoms with Gasteiger partial charge in [0.25, 0.3) is 0 Å². The van der Waals surface area contributed by atoms with E-state index in [1.165, 1.54) is 0 Å². The van der Waals surface area contributed by atoms with Gasteiger partial charge in [-0.05, 0) is 58.8 Å². The lowest BCUT2D eigenvalue weighted by Gasteiger charge is -2.42. The largest absolute Gasteiger partial charge is 0.234 e. The molecule has 1 saturated carbocycles. The Morgan fingerprint density at radius 3 is 1.68 bits per heavy atom. The maximum Gasteiger partial charge on any atom is 0.234 e. The molecule has 0 heterocycles. The van der Waals surface area contributed by atoms with E-state index in [2.05, 4.69) is 27.7 Å². The molecule has 0 spiro atoms. The Morgan fingerprint density at radius 2 is 1.32 bits per heavy atom. The van der Waals surface area contributed by atoms with Gasteiger partial charge in [-0.1, -0.05) is 27.7 Å². The first-order chi connectivity index (χ1) is 10.0. The predicted octanol–water partition coefficient (Wildman–Crippen LogP) is 5.41. The summed E-state index contributed by atoms with van der Waals surface area (Å²) in [4.78, 5) is 23.1. The Balaban J connectivity index is 2.77. The summed E-state index contributed by atoms with van der Waals surface area (Å²) >= 11 is 0. The number of hydrogen-bond acceptors (Lipinski definition) is 4. The Kier molecular flexibility index (Phi) is 6.88. The van der Waals surface area contributed by atoms with Crippen LogP contribution in [-0.4, -0.2) is 17.0 Å². The van der Waals surface area contributed by atoms with E-state index < -0.39 is 5.79 Å². The summed E-state index contributed by atoms with van der Waals surface area (Å²) in [7, 11) is 0. The highest BCUT2D eigenvalue weighted by Gasteiger charge is 2.44. The van der Waals surface area contributed by atoms with Crippen LogP contribution in [0.3, 0.4) is 0 Å². The molecule has 132 valence electrons. The number of rotatable bonds is 8. The molecule has 1 aliphatic carbocycles. The van der Waals surface area contributed by atoms with Gasteiger partial charge in [-0.3, -0.25) is 0 Å². The Labute approximate surface area is 136 Å². The van der Waals surface area contributed by atoms with E-state index in [1.807, 2.05) is 27.7 Å². The molecule has 0 bridgehead atoms. The third kappa shape index (κ3) is 5.80. The van der Waals surface area contributed by atoms with Crippen LogP contribution in [0.4, 0.5) is 0 Å². The predicted molar refractivity (Wildman–Crippen MR) is 88.0 cm³/mol. The molecular weight excluding hydrogens is 280 g/mol. The van der Waals surface area contributed by atoms with Crippen molar-refractivity contribution in [3.8, 4) is 0 Å². The van der Waals surface area contributed by atoms with Crippen LogP contribution in [0.25, 0.3) is 0 Å². The van der Waals surface area contributed by atoms with Gasteiger partial charge in [0.05, 0.1) is 11.2 Å². The minimum atomic E-state index is -0.801. The summed E-state index contributed by atoms with van der Waals surface area (Å²) in [5.74, 6) is 0.374. The molecule has 1 fully saturated rings. The molecule has 1 aliphatic rings. The second-order valence-electron chi connectivity index (χ2n) is 8.17. The Morgan fingerprint density at radius 1 is 0.864 bits per heavy atom. The van der Waals surface area contributed by atoms with Crippen LogP contribution in [0.5, 0.6) is 0 Å². The molecule has 1 rings (SSSR count). The van der Waals surface area contributed by atoms with E-state index in [9.17, 15) is 0 Å². The topological polar surface area (TPSA) is 36.9 Å². The normalized spacial score (nSPS) is 26.2. The molecule has 0 saturated heterocycles. The highest BCUT2D eigenvalue weighted by Crippen LogP contribution is 2.41. The summed E-state index contributed by atoms with van der Waals surface area (Å²) in [5, 5.41) is 0. The standard InChI is InChI=1S/C18H36O4/c1-9-16(5,6)19-21-18(22-20-17(7,8)10-2)12-11-14(3)15(4)13-18/h14-15H,9-13H2,1-8H3. The maximum absolute atomic E-state index is 5.84. The Bertz CT molecular complexity index is 318. The van der Waals surface area contributed by atoms with Crippen molar-refractivity contribution in [2.45, 2.75) is 104 Å². The lowest BCUT2D eigenvalue weighted by Crippen LogP contribution is -2.46. The van der Waals surface area contributed by atoms with Crippen molar-refractivity contribution in [1.29, 1.82) is 0 Å². The smallest absolute Gasteiger partial charge is 0.228 e.